The Morgan fingerprint density at radius 3 is 2.90 bits per heavy atom. The van der Waals surface area contributed by atoms with Crippen molar-refractivity contribution in [3.05, 3.63) is 10.6 Å². The molecule has 1 aliphatic heterocycles. The quantitative estimate of drug-likeness (QED) is 0.904. The van der Waals surface area contributed by atoms with Crippen LogP contribution < -0.4 is 10.2 Å². The van der Waals surface area contributed by atoms with Crippen molar-refractivity contribution in [2.45, 2.75) is 45.7 Å². The van der Waals surface area contributed by atoms with Gasteiger partial charge in [0.2, 0.25) is 0 Å². The molecule has 1 aromatic rings. The normalized spacial score (nSPS) is 21.2. The number of aromatic nitrogens is 1. The van der Waals surface area contributed by atoms with Crippen molar-refractivity contribution < 1.29 is 0 Å². The minimum atomic E-state index is 0.547. The molecule has 0 amide bonds. The Bertz CT molecular complexity index is 395. The zero-order chi connectivity index (χ0) is 14.5. The summed E-state index contributed by atoms with van der Waals surface area (Å²) >= 11 is 1.88. The summed E-state index contributed by atoms with van der Waals surface area (Å²) in [6.07, 6.45) is 3.48. The van der Waals surface area contributed by atoms with Gasteiger partial charge in [-0.05, 0) is 40.4 Å². The first kappa shape index (κ1) is 15.7. The third-order valence-electron chi connectivity index (χ3n) is 3.88. The molecule has 0 bridgehead atoms. The average molecular weight is 296 g/mol. The zero-order valence-electron chi connectivity index (χ0n) is 13.3. The number of rotatable bonds is 5. The van der Waals surface area contributed by atoms with E-state index >= 15 is 0 Å². The van der Waals surface area contributed by atoms with Crippen LogP contribution in [0.3, 0.4) is 0 Å². The molecular weight excluding hydrogens is 268 g/mol. The summed E-state index contributed by atoms with van der Waals surface area (Å²) in [4.78, 5) is 11.3. The number of hydrogen-bond donors (Lipinski definition) is 1. The zero-order valence-corrected chi connectivity index (χ0v) is 14.1. The van der Waals surface area contributed by atoms with Crippen molar-refractivity contribution in [3.63, 3.8) is 0 Å². The highest BCUT2D eigenvalue weighted by Gasteiger charge is 2.23. The Labute approximate surface area is 127 Å². The summed E-state index contributed by atoms with van der Waals surface area (Å²) in [5.74, 6) is 0. The van der Waals surface area contributed by atoms with E-state index in [1.165, 1.54) is 28.7 Å². The lowest BCUT2D eigenvalue weighted by atomic mass is 10.2. The smallest absolute Gasteiger partial charge is 0.186 e. The first-order valence-electron chi connectivity index (χ1n) is 7.74. The SMILES string of the molecule is CCCc1nc(N2CCCN(C)CC2C)sc1CNC. The minimum Gasteiger partial charge on any atom is -0.344 e. The van der Waals surface area contributed by atoms with Crippen LogP contribution in [0.15, 0.2) is 0 Å². The molecule has 2 rings (SSSR count). The van der Waals surface area contributed by atoms with Gasteiger partial charge in [-0.25, -0.2) is 4.98 Å². The van der Waals surface area contributed by atoms with Crippen LogP contribution in [0.5, 0.6) is 0 Å². The molecule has 1 N–H and O–H groups in total. The van der Waals surface area contributed by atoms with Crippen molar-refractivity contribution in [1.82, 2.24) is 15.2 Å². The second-order valence-electron chi connectivity index (χ2n) is 5.80. The van der Waals surface area contributed by atoms with Gasteiger partial charge < -0.3 is 15.1 Å². The summed E-state index contributed by atoms with van der Waals surface area (Å²) in [6, 6.07) is 0.547. The predicted molar refractivity (Wildman–Crippen MR) is 87.8 cm³/mol. The molecule has 0 saturated carbocycles. The van der Waals surface area contributed by atoms with Gasteiger partial charge in [-0.1, -0.05) is 13.3 Å². The summed E-state index contributed by atoms with van der Waals surface area (Å²) in [6.45, 7) is 8.94. The third kappa shape index (κ3) is 3.71. The van der Waals surface area contributed by atoms with E-state index in [0.717, 1.165) is 32.5 Å². The van der Waals surface area contributed by atoms with Crippen molar-refractivity contribution in [2.75, 3.05) is 38.6 Å². The Kier molecular flexibility index (Phi) is 5.81. The van der Waals surface area contributed by atoms with Crippen molar-refractivity contribution in [3.8, 4) is 0 Å². The Hall–Kier alpha value is -0.650. The van der Waals surface area contributed by atoms with Gasteiger partial charge in [0.05, 0.1) is 5.69 Å². The Balaban J connectivity index is 2.19. The summed E-state index contributed by atoms with van der Waals surface area (Å²) in [7, 11) is 4.23. The Morgan fingerprint density at radius 2 is 2.20 bits per heavy atom. The highest BCUT2D eigenvalue weighted by molar-refractivity contribution is 7.15. The maximum atomic E-state index is 4.95. The maximum absolute atomic E-state index is 4.95. The number of nitrogens with one attached hydrogen (secondary N) is 1. The van der Waals surface area contributed by atoms with Gasteiger partial charge in [-0.3, -0.25) is 0 Å². The average Bonchev–Trinajstić information content (AvgIpc) is 2.69. The number of aryl methyl sites for hydroxylation is 1. The second-order valence-corrected chi connectivity index (χ2v) is 6.87. The molecule has 1 aromatic heterocycles. The minimum absolute atomic E-state index is 0.547. The van der Waals surface area contributed by atoms with Crippen molar-refractivity contribution in [2.24, 2.45) is 0 Å². The van der Waals surface area contributed by atoms with Crippen LogP contribution in [0.2, 0.25) is 0 Å². The predicted octanol–water partition coefficient (Wildman–Crippen LogP) is 2.35. The standard InChI is InChI=1S/C15H28N4S/c1-5-7-13-14(10-16-3)20-15(17-13)19-9-6-8-18(4)11-12(19)2/h12,16H,5-11H2,1-4H3. The molecule has 114 valence electrons. The first-order valence-corrected chi connectivity index (χ1v) is 8.55. The van der Waals surface area contributed by atoms with E-state index in [9.17, 15) is 0 Å². The van der Waals surface area contributed by atoms with Crippen LogP contribution >= 0.6 is 11.3 Å². The molecular formula is C15H28N4S. The summed E-state index contributed by atoms with van der Waals surface area (Å²) in [5.41, 5.74) is 1.30. The fraction of sp³-hybridized carbons (Fsp3) is 0.800. The van der Waals surface area contributed by atoms with Gasteiger partial charge in [-0.15, -0.1) is 11.3 Å². The lowest BCUT2D eigenvalue weighted by molar-refractivity contribution is 0.337. The van der Waals surface area contributed by atoms with Gasteiger partial charge in [0.25, 0.3) is 0 Å². The van der Waals surface area contributed by atoms with E-state index in [4.69, 9.17) is 4.98 Å². The maximum Gasteiger partial charge on any atom is 0.186 e. The lowest BCUT2D eigenvalue weighted by Gasteiger charge is -2.27. The summed E-state index contributed by atoms with van der Waals surface area (Å²) < 4.78 is 0. The molecule has 4 nitrogen and oxygen atoms in total. The molecule has 0 spiro atoms. The topological polar surface area (TPSA) is 31.4 Å². The van der Waals surface area contributed by atoms with E-state index in [1.54, 1.807) is 0 Å². The summed E-state index contributed by atoms with van der Waals surface area (Å²) in [5, 5.41) is 4.50. The molecule has 1 fully saturated rings. The molecule has 0 radical (unpaired) electrons. The number of nitrogens with zero attached hydrogens (tertiary/aromatic N) is 3. The molecule has 20 heavy (non-hydrogen) atoms. The second kappa shape index (κ2) is 7.38. The van der Waals surface area contributed by atoms with Gasteiger partial charge in [0.1, 0.15) is 0 Å². The van der Waals surface area contributed by atoms with Crippen LogP contribution in [-0.4, -0.2) is 49.7 Å². The van der Waals surface area contributed by atoms with Gasteiger partial charge in [0, 0.05) is 30.6 Å². The van der Waals surface area contributed by atoms with Crippen LogP contribution in [0.4, 0.5) is 5.13 Å². The molecule has 1 saturated heterocycles. The number of anilines is 1. The van der Waals surface area contributed by atoms with Gasteiger partial charge in [-0.2, -0.15) is 0 Å². The van der Waals surface area contributed by atoms with Crippen LogP contribution in [0.1, 0.15) is 37.3 Å². The van der Waals surface area contributed by atoms with E-state index in [1.807, 2.05) is 18.4 Å². The largest absolute Gasteiger partial charge is 0.344 e. The fourth-order valence-corrected chi connectivity index (χ4v) is 4.13. The highest BCUT2D eigenvalue weighted by Crippen LogP contribution is 2.29. The molecule has 2 heterocycles. The van der Waals surface area contributed by atoms with E-state index in [0.29, 0.717) is 6.04 Å². The molecule has 1 aliphatic rings. The molecule has 1 unspecified atom stereocenters. The van der Waals surface area contributed by atoms with E-state index in [2.05, 4.69) is 36.0 Å². The fourth-order valence-electron chi connectivity index (χ4n) is 2.88. The monoisotopic (exact) mass is 296 g/mol. The van der Waals surface area contributed by atoms with Gasteiger partial charge in [0.15, 0.2) is 5.13 Å². The first-order chi connectivity index (χ1) is 9.65. The molecule has 0 aromatic carbocycles. The third-order valence-corrected chi connectivity index (χ3v) is 5.02. The van der Waals surface area contributed by atoms with Crippen molar-refractivity contribution >= 4 is 16.5 Å². The molecule has 0 aliphatic carbocycles. The van der Waals surface area contributed by atoms with Crippen LogP contribution in [0.25, 0.3) is 0 Å². The van der Waals surface area contributed by atoms with Crippen LogP contribution in [-0.2, 0) is 13.0 Å². The molecule has 1 atom stereocenters. The highest BCUT2D eigenvalue weighted by atomic mass is 32.1. The van der Waals surface area contributed by atoms with Crippen LogP contribution in [0, 0.1) is 0 Å². The van der Waals surface area contributed by atoms with Crippen molar-refractivity contribution in [1.29, 1.82) is 0 Å². The number of likely N-dealkylation sites (N-methyl/N-ethyl adjacent to an activating group) is 1. The lowest BCUT2D eigenvalue weighted by Crippen LogP contribution is -2.37. The van der Waals surface area contributed by atoms with Gasteiger partial charge >= 0.3 is 0 Å². The van der Waals surface area contributed by atoms with E-state index < -0.39 is 0 Å². The number of thiazole rings is 1. The molecule has 5 heteroatoms. The Morgan fingerprint density at radius 1 is 1.40 bits per heavy atom. The number of hydrogen-bond acceptors (Lipinski definition) is 5. The van der Waals surface area contributed by atoms with E-state index in [-0.39, 0.29) is 0 Å².